The van der Waals surface area contributed by atoms with Crippen LogP contribution in [0.4, 0.5) is 5.69 Å². The summed E-state index contributed by atoms with van der Waals surface area (Å²) in [6.45, 7) is 0.150. The topological polar surface area (TPSA) is 86.1 Å². The number of anilines is 1. The summed E-state index contributed by atoms with van der Waals surface area (Å²) in [6, 6.07) is 23.5. The van der Waals surface area contributed by atoms with Crippen molar-refractivity contribution in [1.29, 1.82) is 0 Å². The molecule has 0 spiro atoms. The van der Waals surface area contributed by atoms with Crippen molar-refractivity contribution in [2.75, 3.05) is 5.32 Å². The molecule has 0 bridgehead atoms. The van der Waals surface area contributed by atoms with Crippen LogP contribution in [0.15, 0.2) is 83.7 Å². The molecule has 1 aromatic heterocycles. The second-order valence-electron chi connectivity index (χ2n) is 6.37. The maximum atomic E-state index is 12.4. The van der Waals surface area contributed by atoms with Crippen LogP contribution in [0.25, 0.3) is 10.9 Å². The van der Waals surface area contributed by atoms with E-state index >= 15 is 0 Å². The molecule has 4 aromatic rings. The van der Waals surface area contributed by atoms with Crippen molar-refractivity contribution in [2.45, 2.75) is 13.0 Å². The summed E-state index contributed by atoms with van der Waals surface area (Å²) in [5.74, 6) is 1.20. The summed E-state index contributed by atoms with van der Waals surface area (Å²) in [7, 11) is 0. The van der Waals surface area contributed by atoms with Crippen LogP contribution in [-0.2, 0) is 11.3 Å². The SMILES string of the molecule is O=C(CCn1nnc2ccccc2c1=O)Nc1ccc(Oc2ccccc2)cc1. The summed E-state index contributed by atoms with van der Waals surface area (Å²) >= 11 is 0. The Labute approximate surface area is 166 Å². The number of ether oxygens (including phenoxy) is 1. The molecule has 0 saturated carbocycles. The van der Waals surface area contributed by atoms with Gasteiger partial charge in [0.25, 0.3) is 5.56 Å². The number of carbonyl (C=O) groups is 1. The van der Waals surface area contributed by atoms with E-state index in [2.05, 4.69) is 15.6 Å². The van der Waals surface area contributed by atoms with Crippen molar-refractivity contribution < 1.29 is 9.53 Å². The first kappa shape index (κ1) is 18.4. The van der Waals surface area contributed by atoms with Crippen molar-refractivity contribution in [3.8, 4) is 11.5 Å². The lowest BCUT2D eigenvalue weighted by molar-refractivity contribution is -0.116. The van der Waals surface area contributed by atoms with E-state index in [0.717, 1.165) is 5.75 Å². The summed E-state index contributed by atoms with van der Waals surface area (Å²) in [5, 5.41) is 11.2. The smallest absolute Gasteiger partial charge is 0.277 e. The fourth-order valence-electron chi connectivity index (χ4n) is 2.83. The lowest BCUT2D eigenvalue weighted by Crippen LogP contribution is -2.26. The lowest BCUT2D eigenvalue weighted by Gasteiger charge is -2.08. The van der Waals surface area contributed by atoms with Crippen molar-refractivity contribution in [2.24, 2.45) is 0 Å². The number of fused-ring (bicyclic) bond motifs is 1. The normalized spacial score (nSPS) is 10.6. The number of hydrogen-bond donors (Lipinski definition) is 1. The number of aryl methyl sites for hydroxylation is 1. The van der Waals surface area contributed by atoms with Gasteiger partial charge < -0.3 is 10.1 Å². The number of nitrogens with one attached hydrogen (secondary N) is 1. The van der Waals surface area contributed by atoms with Crippen LogP contribution in [0.2, 0.25) is 0 Å². The first-order valence-electron chi connectivity index (χ1n) is 9.14. The summed E-state index contributed by atoms with van der Waals surface area (Å²) in [6.07, 6.45) is 0.106. The molecule has 0 aliphatic carbocycles. The minimum Gasteiger partial charge on any atom is -0.457 e. The molecule has 7 heteroatoms. The Kier molecular flexibility index (Phi) is 5.29. The molecule has 144 valence electrons. The largest absolute Gasteiger partial charge is 0.457 e. The summed E-state index contributed by atoms with van der Waals surface area (Å²) in [4.78, 5) is 24.6. The van der Waals surface area contributed by atoms with Gasteiger partial charge in [-0.05, 0) is 48.5 Å². The molecular formula is C22H18N4O3. The first-order chi connectivity index (χ1) is 14.2. The van der Waals surface area contributed by atoms with E-state index in [0.29, 0.717) is 22.3 Å². The van der Waals surface area contributed by atoms with E-state index in [9.17, 15) is 9.59 Å². The molecule has 0 fully saturated rings. The highest BCUT2D eigenvalue weighted by Crippen LogP contribution is 2.22. The molecule has 29 heavy (non-hydrogen) atoms. The average Bonchev–Trinajstić information content (AvgIpc) is 2.76. The molecule has 1 N–H and O–H groups in total. The van der Waals surface area contributed by atoms with Gasteiger partial charge in [-0.15, -0.1) is 5.10 Å². The number of amides is 1. The average molecular weight is 386 g/mol. The van der Waals surface area contributed by atoms with Gasteiger partial charge in [0, 0.05) is 12.1 Å². The van der Waals surface area contributed by atoms with Gasteiger partial charge in [-0.25, -0.2) is 4.68 Å². The molecule has 0 unspecified atom stereocenters. The zero-order valence-corrected chi connectivity index (χ0v) is 15.5. The summed E-state index contributed by atoms with van der Waals surface area (Å²) < 4.78 is 6.93. The second kappa shape index (κ2) is 8.35. The van der Waals surface area contributed by atoms with Gasteiger partial charge >= 0.3 is 0 Å². The van der Waals surface area contributed by atoms with Crippen LogP contribution in [0.3, 0.4) is 0 Å². The maximum absolute atomic E-state index is 12.4. The van der Waals surface area contributed by atoms with Crippen molar-refractivity contribution in [3.05, 3.63) is 89.2 Å². The number of benzene rings is 3. The minimum absolute atomic E-state index is 0.106. The van der Waals surface area contributed by atoms with Crippen LogP contribution in [-0.4, -0.2) is 20.9 Å². The van der Waals surface area contributed by atoms with Gasteiger partial charge in [0.15, 0.2) is 0 Å². The molecule has 0 saturated heterocycles. The number of nitrogens with zero attached hydrogens (tertiary/aromatic N) is 3. The Bertz CT molecular complexity index is 1190. The van der Waals surface area contributed by atoms with E-state index in [4.69, 9.17) is 4.74 Å². The monoisotopic (exact) mass is 386 g/mol. The van der Waals surface area contributed by atoms with Crippen molar-refractivity contribution >= 4 is 22.5 Å². The quantitative estimate of drug-likeness (QED) is 0.547. The molecule has 0 aliphatic heterocycles. The van der Waals surface area contributed by atoms with Crippen LogP contribution < -0.4 is 15.6 Å². The zero-order chi connectivity index (χ0) is 20.1. The molecule has 0 atom stereocenters. The molecule has 0 radical (unpaired) electrons. The van der Waals surface area contributed by atoms with E-state index in [1.807, 2.05) is 30.3 Å². The van der Waals surface area contributed by atoms with E-state index in [-0.39, 0.29) is 24.4 Å². The Balaban J connectivity index is 1.35. The van der Waals surface area contributed by atoms with E-state index in [1.165, 1.54) is 4.68 Å². The van der Waals surface area contributed by atoms with Gasteiger partial charge in [-0.2, -0.15) is 0 Å². The van der Waals surface area contributed by atoms with E-state index in [1.54, 1.807) is 48.5 Å². The highest BCUT2D eigenvalue weighted by atomic mass is 16.5. The van der Waals surface area contributed by atoms with Crippen LogP contribution in [0.1, 0.15) is 6.42 Å². The van der Waals surface area contributed by atoms with Gasteiger partial charge in [-0.3, -0.25) is 9.59 Å². The number of hydrogen-bond acceptors (Lipinski definition) is 5. The molecule has 0 aliphatic rings. The Morgan fingerprint density at radius 1 is 0.897 bits per heavy atom. The molecule has 7 nitrogen and oxygen atoms in total. The van der Waals surface area contributed by atoms with Crippen molar-refractivity contribution in [3.63, 3.8) is 0 Å². The molecular weight excluding hydrogens is 368 g/mol. The molecule has 1 amide bonds. The third kappa shape index (κ3) is 4.47. The molecule has 4 rings (SSSR count). The third-order valence-corrected chi connectivity index (χ3v) is 4.30. The fraction of sp³-hybridized carbons (Fsp3) is 0.0909. The standard InChI is InChI=1S/C22H18N4O3/c27-21(14-15-26-22(28)19-8-4-5-9-20(19)24-25-26)23-16-10-12-18(13-11-16)29-17-6-2-1-3-7-17/h1-13H,14-15H2,(H,23,27). The first-order valence-corrected chi connectivity index (χ1v) is 9.14. The lowest BCUT2D eigenvalue weighted by atomic mass is 10.2. The zero-order valence-electron chi connectivity index (χ0n) is 15.5. The summed E-state index contributed by atoms with van der Waals surface area (Å²) in [5.41, 5.74) is 0.925. The van der Waals surface area contributed by atoms with Crippen LogP contribution in [0, 0.1) is 0 Å². The van der Waals surface area contributed by atoms with Gasteiger partial charge in [0.05, 0.1) is 11.9 Å². The Morgan fingerprint density at radius 2 is 1.59 bits per heavy atom. The van der Waals surface area contributed by atoms with Crippen LogP contribution in [0.5, 0.6) is 11.5 Å². The van der Waals surface area contributed by atoms with Crippen molar-refractivity contribution in [1.82, 2.24) is 15.0 Å². The number of aromatic nitrogens is 3. The Hall–Kier alpha value is -4.00. The van der Waals surface area contributed by atoms with Gasteiger partial charge in [0.1, 0.15) is 17.0 Å². The second-order valence-corrected chi connectivity index (χ2v) is 6.37. The predicted molar refractivity (Wildman–Crippen MR) is 110 cm³/mol. The molecule has 3 aromatic carbocycles. The number of carbonyl (C=O) groups excluding carboxylic acids is 1. The van der Waals surface area contributed by atoms with Crippen LogP contribution >= 0.6 is 0 Å². The number of rotatable bonds is 6. The number of para-hydroxylation sites is 1. The maximum Gasteiger partial charge on any atom is 0.277 e. The van der Waals surface area contributed by atoms with Gasteiger partial charge in [0.2, 0.25) is 5.91 Å². The van der Waals surface area contributed by atoms with E-state index < -0.39 is 0 Å². The fourth-order valence-corrected chi connectivity index (χ4v) is 2.83. The van der Waals surface area contributed by atoms with Gasteiger partial charge in [-0.1, -0.05) is 35.5 Å². The minimum atomic E-state index is -0.259. The Morgan fingerprint density at radius 3 is 2.38 bits per heavy atom. The highest BCUT2D eigenvalue weighted by Gasteiger charge is 2.08. The predicted octanol–water partition coefficient (Wildman–Crippen LogP) is 3.61. The molecule has 1 heterocycles. The highest BCUT2D eigenvalue weighted by molar-refractivity contribution is 5.90. The third-order valence-electron chi connectivity index (χ3n) is 4.30.